The Morgan fingerprint density at radius 3 is 2.80 bits per heavy atom. The van der Waals surface area contributed by atoms with E-state index in [1.54, 1.807) is 0 Å². The normalized spacial score (nSPS) is 20.6. The minimum atomic E-state index is 0.135. The van der Waals surface area contributed by atoms with Crippen LogP contribution in [0, 0.1) is 5.92 Å². The molecule has 2 aromatic rings. The third-order valence-electron chi connectivity index (χ3n) is 4.71. The fourth-order valence-corrected chi connectivity index (χ4v) is 3.45. The fraction of sp³-hybridized carbons (Fsp3) is 0.500. The summed E-state index contributed by atoms with van der Waals surface area (Å²) in [5.41, 5.74) is 2.09. The van der Waals surface area contributed by atoms with E-state index in [0.717, 1.165) is 43.6 Å². The number of rotatable bonds is 6. The molecular weight excluding hydrogens is 312 g/mol. The van der Waals surface area contributed by atoms with Gasteiger partial charge in [-0.25, -0.2) is 4.68 Å². The van der Waals surface area contributed by atoms with Gasteiger partial charge in [0.05, 0.1) is 11.4 Å². The smallest absolute Gasteiger partial charge is 0.223 e. The molecule has 5 nitrogen and oxygen atoms in total. The number of para-hydroxylation sites is 1. The number of nitrogens with one attached hydrogen (secondary N) is 2. The zero-order valence-electron chi connectivity index (χ0n) is 15.1. The minimum Gasteiger partial charge on any atom is -0.354 e. The Morgan fingerprint density at radius 2 is 2.04 bits per heavy atom. The number of nitrogens with zero attached hydrogens (tertiary/aromatic N) is 2. The van der Waals surface area contributed by atoms with Crippen LogP contribution in [0.1, 0.15) is 45.2 Å². The van der Waals surface area contributed by atoms with Crippen molar-refractivity contribution in [2.45, 2.75) is 58.2 Å². The zero-order chi connectivity index (χ0) is 17.6. The van der Waals surface area contributed by atoms with Crippen LogP contribution in [0.5, 0.6) is 0 Å². The third-order valence-corrected chi connectivity index (χ3v) is 4.71. The lowest BCUT2D eigenvalue weighted by molar-refractivity contribution is -0.126. The Morgan fingerprint density at radius 1 is 1.24 bits per heavy atom. The average Bonchev–Trinajstić information content (AvgIpc) is 3.09. The van der Waals surface area contributed by atoms with E-state index in [1.165, 1.54) is 0 Å². The van der Waals surface area contributed by atoms with Crippen molar-refractivity contribution in [3.63, 3.8) is 0 Å². The van der Waals surface area contributed by atoms with Crippen LogP contribution < -0.4 is 10.6 Å². The van der Waals surface area contributed by atoms with Crippen LogP contribution in [0.4, 0.5) is 0 Å². The predicted molar refractivity (Wildman–Crippen MR) is 99.4 cm³/mol. The van der Waals surface area contributed by atoms with Crippen LogP contribution in [0.25, 0.3) is 5.69 Å². The van der Waals surface area contributed by atoms with Crippen molar-refractivity contribution in [2.24, 2.45) is 5.92 Å². The Labute approximate surface area is 149 Å². The summed E-state index contributed by atoms with van der Waals surface area (Å²) >= 11 is 0. The first-order valence-electron chi connectivity index (χ1n) is 9.25. The van der Waals surface area contributed by atoms with Crippen molar-refractivity contribution in [1.82, 2.24) is 20.4 Å². The number of carbonyl (C=O) groups is 1. The van der Waals surface area contributed by atoms with Crippen LogP contribution in [0.3, 0.4) is 0 Å². The van der Waals surface area contributed by atoms with E-state index >= 15 is 0 Å². The highest BCUT2D eigenvalue weighted by atomic mass is 16.1. The lowest BCUT2D eigenvalue weighted by atomic mass is 9.85. The predicted octanol–water partition coefficient (Wildman–Crippen LogP) is 3.05. The van der Waals surface area contributed by atoms with Gasteiger partial charge < -0.3 is 10.6 Å². The molecule has 2 atom stereocenters. The van der Waals surface area contributed by atoms with Crippen LogP contribution in [0.15, 0.2) is 42.6 Å². The molecule has 1 aromatic heterocycles. The molecule has 0 spiro atoms. The molecular formula is C20H28N4O. The first-order chi connectivity index (χ1) is 12.1. The molecule has 0 bridgehead atoms. The topological polar surface area (TPSA) is 59.0 Å². The van der Waals surface area contributed by atoms with E-state index in [4.69, 9.17) is 0 Å². The number of amides is 1. The maximum absolute atomic E-state index is 12.2. The van der Waals surface area contributed by atoms with E-state index in [2.05, 4.69) is 15.7 Å². The molecule has 0 radical (unpaired) electrons. The van der Waals surface area contributed by atoms with Gasteiger partial charge in [-0.1, -0.05) is 24.6 Å². The molecule has 1 heterocycles. The molecule has 5 heteroatoms. The summed E-state index contributed by atoms with van der Waals surface area (Å²) in [4.78, 5) is 12.2. The Hall–Kier alpha value is -2.14. The fourth-order valence-electron chi connectivity index (χ4n) is 3.45. The SMILES string of the molecule is CC(C)NC(=O)[C@H]1CCC[C@@H](NCc2ccn(-c3ccccc3)n2)C1. The van der Waals surface area contributed by atoms with Gasteiger partial charge in [0.1, 0.15) is 0 Å². The van der Waals surface area contributed by atoms with Gasteiger partial charge in [0, 0.05) is 30.7 Å². The largest absolute Gasteiger partial charge is 0.354 e. The van der Waals surface area contributed by atoms with Gasteiger partial charge in [-0.3, -0.25) is 4.79 Å². The lowest BCUT2D eigenvalue weighted by Gasteiger charge is -2.29. The third kappa shape index (κ3) is 4.92. The minimum absolute atomic E-state index is 0.135. The Bertz CT molecular complexity index is 680. The van der Waals surface area contributed by atoms with E-state index in [-0.39, 0.29) is 17.9 Å². The molecule has 0 aliphatic heterocycles. The second-order valence-electron chi connectivity index (χ2n) is 7.19. The van der Waals surface area contributed by atoms with E-state index in [1.807, 2.05) is 61.1 Å². The molecule has 134 valence electrons. The van der Waals surface area contributed by atoms with Crippen molar-refractivity contribution in [3.8, 4) is 5.69 Å². The van der Waals surface area contributed by atoms with Crippen LogP contribution in [-0.4, -0.2) is 27.8 Å². The van der Waals surface area contributed by atoms with Crippen LogP contribution in [-0.2, 0) is 11.3 Å². The monoisotopic (exact) mass is 340 g/mol. The van der Waals surface area contributed by atoms with Crippen molar-refractivity contribution in [2.75, 3.05) is 0 Å². The molecule has 3 rings (SSSR count). The highest BCUT2D eigenvalue weighted by molar-refractivity contribution is 5.79. The summed E-state index contributed by atoms with van der Waals surface area (Å²) in [6.07, 6.45) is 6.14. The lowest BCUT2D eigenvalue weighted by Crippen LogP contribution is -2.42. The van der Waals surface area contributed by atoms with E-state index < -0.39 is 0 Å². The maximum Gasteiger partial charge on any atom is 0.223 e. The highest BCUT2D eigenvalue weighted by Gasteiger charge is 2.27. The summed E-state index contributed by atoms with van der Waals surface area (Å²) in [6.45, 7) is 4.77. The quantitative estimate of drug-likeness (QED) is 0.850. The summed E-state index contributed by atoms with van der Waals surface area (Å²) in [5, 5.41) is 11.3. The molecule has 1 amide bonds. The zero-order valence-corrected chi connectivity index (χ0v) is 15.1. The number of carbonyl (C=O) groups excluding carboxylic acids is 1. The summed E-state index contributed by atoms with van der Waals surface area (Å²) < 4.78 is 1.90. The first-order valence-corrected chi connectivity index (χ1v) is 9.25. The number of benzene rings is 1. The standard InChI is InChI=1S/C20H28N4O/c1-15(2)22-20(25)16-7-6-8-17(13-16)21-14-18-11-12-24(23-18)19-9-4-3-5-10-19/h3-5,9-12,15-17,21H,6-8,13-14H2,1-2H3,(H,22,25)/t16-,17+/m0/s1. The van der Waals surface area contributed by atoms with Crippen LogP contribution in [0.2, 0.25) is 0 Å². The highest BCUT2D eigenvalue weighted by Crippen LogP contribution is 2.25. The molecule has 25 heavy (non-hydrogen) atoms. The van der Waals surface area contributed by atoms with Crippen LogP contribution >= 0.6 is 0 Å². The van der Waals surface area contributed by atoms with Gasteiger partial charge in [-0.15, -0.1) is 0 Å². The van der Waals surface area contributed by atoms with Gasteiger partial charge in [0.25, 0.3) is 0 Å². The van der Waals surface area contributed by atoms with Crippen molar-refractivity contribution >= 4 is 5.91 Å². The molecule has 1 aliphatic carbocycles. The summed E-state index contributed by atoms with van der Waals surface area (Å²) in [7, 11) is 0. The summed E-state index contributed by atoms with van der Waals surface area (Å²) in [6, 6.07) is 12.8. The molecule has 2 N–H and O–H groups in total. The molecule has 1 saturated carbocycles. The summed E-state index contributed by atoms with van der Waals surface area (Å²) in [5.74, 6) is 0.338. The first kappa shape index (κ1) is 17.7. The van der Waals surface area contributed by atoms with Crippen molar-refractivity contribution in [1.29, 1.82) is 0 Å². The molecule has 1 aliphatic rings. The average molecular weight is 340 g/mol. The van der Waals surface area contributed by atoms with E-state index in [9.17, 15) is 4.79 Å². The van der Waals surface area contributed by atoms with Gasteiger partial charge >= 0.3 is 0 Å². The van der Waals surface area contributed by atoms with Gasteiger partial charge in [0.15, 0.2) is 0 Å². The number of hydrogen-bond donors (Lipinski definition) is 2. The second-order valence-corrected chi connectivity index (χ2v) is 7.19. The Kier molecular flexibility index (Phi) is 5.87. The number of aromatic nitrogens is 2. The van der Waals surface area contributed by atoms with E-state index in [0.29, 0.717) is 6.04 Å². The van der Waals surface area contributed by atoms with Crippen molar-refractivity contribution < 1.29 is 4.79 Å². The van der Waals surface area contributed by atoms with Gasteiger partial charge in [-0.2, -0.15) is 5.10 Å². The van der Waals surface area contributed by atoms with Gasteiger partial charge in [0.2, 0.25) is 5.91 Å². The van der Waals surface area contributed by atoms with Crippen molar-refractivity contribution in [3.05, 3.63) is 48.3 Å². The molecule has 0 saturated heterocycles. The maximum atomic E-state index is 12.2. The second kappa shape index (κ2) is 8.30. The molecule has 1 aromatic carbocycles. The number of hydrogen-bond acceptors (Lipinski definition) is 3. The van der Waals surface area contributed by atoms with Gasteiger partial charge in [-0.05, 0) is 51.3 Å². The molecule has 1 fully saturated rings. The molecule has 0 unspecified atom stereocenters. The Balaban J connectivity index is 1.52.